The number of carbonyl (C=O) groups excluding carboxylic acids is 2. The zero-order valence-corrected chi connectivity index (χ0v) is 51.3. The summed E-state index contributed by atoms with van der Waals surface area (Å²) in [5.74, 6) is -0.825. The van der Waals surface area contributed by atoms with Crippen LogP contribution in [0.5, 0.6) is 0 Å². The molecule has 0 aromatic carbocycles. The van der Waals surface area contributed by atoms with E-state index < -0.39 is 26.5 Å². The van der Waals surface area contributed by atoms with Crippen molar-refractivity contribution in [2.75, 3.05) is 47.5 Å². The molecule has 2 unspecified atom stereocenters. The van der Waals surface area contributed by atoms with Gasteiger partial charge < -0.3 is 27.9 Å². The number of unbranched alkanes of at least 4 members (excludes halogenated alkanes) is 35. The van der Waals surface area contributed by atoms with Gasteiger partial charge in [-0.2, -0.15) is 0 Å². The van der Waals surface area contributed by atoms with Crippen LogP contribution in [0.2, 0.25) is 0 Å². The van der Waals surface area contributed by atoms with E-state index in [4.69, 9.17) is 18.5 Å². The molecule has 0 amide bonds. The van der Waals surface area contributed by atoms with E-state index in [9.17, 15) is 19.0 Å². The lowest BCUT2D eigenvalue weighted by atomic mass is 10.0. The highest BCUT2D eigenvalue weighted by Crippen LogP contribution is 2.38. The molecule has 0 heterocycles. The Morgan fingerprint density at radius 2 is 0.750 bits per heavy atom. The normalized spacial score (nSPS) is 13.6. The van der Waals surface area contributed by atoms with Gasteiger partial charge in [-0.25, -0.2) is 0 Å². The molecular formula is C66H122NO8P. The van der Waals surface area contributed by atoms with Crippen molar-refractivity contribution in [1.29, 1.82) is 0 Å². The number of phosphoric acid groups is 1. The van der Waals surface area contributed by atoms with Crippen molar-refractivity contribution in [2.24, 2.45) is 0 Å². The minimum Gasteiger partial charge on any atom is -0.756 e. The second kappa shape index (κ2) is 57.4. The Kier molecular flexibility index (Phi) is 55.7. The fraction of sp³-hybridized carbons (Fsp3) is 0.818. The third-order valence-electron chi connectivity index (χ3n) is 14.0. The van der Waals surface area contributed by atoms with Crippen LogP contribution in [0.1, 0.15) is 296 Å². The average Bonchev–Trinajstić information content (AvgIpc) is 3.38. The van der Waals surface area contributed by atoms with E-state index in [-0.39, 0.29) is 32.0 Å². The van der Waals surface area contributed by atoms with Crippen molar-refractivity contribution in [2.45, 2.75) is 302 Å². The Morgan fingerprint density at radius 3 is 1.13 bits per heavy atom. The van der Waals surface area contributed by atoms with E-state index in [2.05, 4.69) is 74.6 Å². The second-order valence-electron chi connectivity index (χ2n) is 22.7. The summed E-state index contributed by atoms with van der Waals surface area (Å²) >= 11 is 0. The van der Waals surface area contributed by atoms with Crippen LogP contribution in [-0.4, -0.2) is 70.0 Å². The van der Waals surface area contributed by atoms with Crippen LogP contribution >= 0.6 is 7.82 Å². The summed E-state index contributed by atoms with van der Waals surface area (Å²) in [6.07, 6.45) is 74.2. The molecule has 0 aliphatic rings. The van der Waals surface area contributed by atoms with Crippen LogP contribution < -0.4 is 4.89 Å². The van der Waals surface area contributed by atoms with Gasteiger partial charge in [0.05, 0.1) is 27.7 Å². The number of carbonyl (C=O) groups is 2. The van der Waals surface area contributed by atoms with Crippen molar-refractivity contribution in [3.63, 3.8) is 0 Å². The monoisotopic (exact) mass is 1090 g/mol. The molecular weight excluding hydrogens is 966 g/mol. The molecule has 0 rings (SSSR count). The molecule has 0 aliphatic heterocycles. The van der Waals surface area contributed by atoms with Crippen molar-refractivity contribution in [3.8, 4) is 0 Å². The largest absolute Gasteiger partial charge is 0.756 e. The highest BCUT2D eigenvalue weighted by molar-refractivity contribution is 7.45. The van der Waals surface area contributed by atoms with Gasteiger partial charge in [-0.15, -0.1) is 0 Å². The van der Waals surface area contributed by atoms with E-state index in [0.29, 0.717) is 17.4 Å². The van der Waals surface area contributed by atoms with Gasteiger partial charge in [0.1, 0.15) is 19.8 Å². The first-order valence-corrected chi connectivity index (χ1v) is 33.5. The second-order valence-corrected chi connectivity index (χ2v) is 24.2. The first kappa shape index (κ1) is 73.7. The van der Waals surface area contributed by atoms with E-state index in [1.54, 1.807) is 0 Å². The summed E-state index contributed by atoms with van der Waals surface area (Å²) in [5.41, 5.74) is 0. The number of likely N-dealkylation sites (N-methyl/N-ethyl adjacent to an activating group) is 1. The smallest absolute Gasteiger partial charge is 0.306 e. The Morgan fingerprint density at radius 1 is 0.421 bits per heavy atom. The van der Waals surface area contributed by atoms with Gasteiger partial charge in [0.25, 0.3) is 7.82 Å². The summed E-state index contributed by atoms with van der Waals surface area (Å²) < 4.78 is 34.3. The van der Waals surface area contributed by atoms with Crippen LogP contribution in [0.3, 0.4) is 0 Å². The van der Waals surface area contributed by atoms with Crippen molar-refractivity contribution in [1.82, 2.24) is 0 Å². The average molecular weight is 1090 g/mol. The topological polar surface area (TPSA) is 111 Å². The number of allylic oxidation sites excluding steroid dienone is 10. The van der Waals surface area contributed by atoms with Crippen LogP contribution in [0.15, 0.2) is 60.8 Å². The number of quaternary nitrogens is 1. The van der Waals surface area contributed by atoms with Gasteiger partial charge in [-0.05, 0) is 77.0 Å². The zero-order chi connectivity index (χ0) is 55.6. The highest BCUT2D eigenvalue weighted by Gasteiger charge is 2.22. The number of hydrogen-bond acceptors (Lipinski definition) is 8. The van der Waals surface area contributed by atoms with Crippen LogP contribution in [0.4, 0.5) is 0 Å². The van der Waals surface area contributed by atoms with Crippen LogP contribution in [0.25, 0.3) is 0 Å². The van der Waals surface area contributed by atoms with Gasteiger partial charge in [0.2, 0.25) is 0 Å². The van der Waals surface area contributed by atoms with Crippen LogP contribution in [-0.2, 0) is 32.7 Å². The van der Waals surface area contributed by atoms with Crippen molar-refractivity contribution >= 4 is 19.8 Å². The van der Waals surface area contributed by atoms with Crippen molar-refractivity contribution in [3.05, 3.63) is 60.8 Å². The quantitative estimate of drug-likeness (QED) is 0.0195. The molecule has 0 N–H and O–H groups in total. The number of phosphoric ester groups is 1. The number of ether oxygens (including phenoxy) is 2. The highest BCUT2D eigenvalue weighted by atomic mass is 31.2. The lowest BCUT2D eigenvalue weighted by Crippen LogP contribution is -2.37. The Labute approximate surface area is 470 Å². The van der Waals surface area contributed by atoms with Crippen LogP contribution in [0, 0.1) is 0 Å². The minimum absolute atomic E-state index is 0.0315. The molecule has 9 nitrogen and oxygen atoms in total. The summed E-state index contributed by atoms with van der Waals surface area (Å²) in [6.45, 7) is 4.17. The minimum atomic E-state index is -4.64. The first-order chi connectivity index (χ1) is 37.0. The summed E-state index contributed by atoms with van der Waals surface area (Å²) in [7, 11) is 1.17. The standard InChI is InChI=1S/C66H122NO8P/c1-6-8-10-12-14-16-18-20-22-24-26-28-30-32-33-35-36-38-40-42-44-46-48-50-52-54-56-58-65(68)72-62-64(63-74-76(70,71)73-61-60-67(3,4)5)75-66(69)59-57-55-53-51-49-47-45-43-41-39-37-34-31-29-27-25-23-21-19-17-15-13-11-9-7-2/h9,11,15,17,21,23-24,26-27,29,64H,6-8,10,12-14,16,18-20,22,25,28,30-63H2,1-5H3/b11-9-,17-15-,23-21-,26-24-,29-27-. The number of hydrogen-bond donors (Lipinski definition) is 0. The summed E-state index contributed by atoms with van der Waals surface area (Å²) in [6, 6.07) is 0. The maximum Gasteiger partial charge on any atom is 0.306 e. The molecule has 0 radical (unpaired) electrons. The first-order valence-electron chi connectivity index (χ1n) is 32.0. The Balaban J connectivity index is 4.08. The molecule has 76 heavy (non-hydrogen) atoms. The number of rotatable bonds is 59. The lowest BCUT2D eigenvalue weighted by molar-refractivity contribution is -0.870. The van der Waals surface area contributed by atoms with E-state index in [1.165, 1.54) is 199 Å². The molecule has 0 bridgehead atoms. The van der Waals surface area contributed by atoms with Gasteiger partial charge in [-0.3, -0.25) is 14.2 Å². The SMILES string of the molecule is CC/C=C\C/C=C\C/C=C\C/C=C\CCCCCCCCCCCCCCC(=O)OC(COC(=O)CCCCCCCCCCCCCCCCC/C=C\CCCCCCCCCC)COP(=O)([O-])OCC[N+](C)(C)C. The summed E-state index contributed by atoms with van der Waals surface area (Å²) in [4.78, 5) is 38.0. The summed E-state index contributed by atoms with van der Waals surface area (Å²) in [5, 5.41) is 0. The van der Waals surface area contributed by atoms with Gasteiger partial charge >= 0.3 is 11.9 Å². The molecule has 2 atom stereocenters. The van der Waals surface area contributed by atoms with Gasteiger partial charge in [0.15, 0.2) is 6.10 Å². The Bertz CT molecular complexity index is 1470. The molecule has 0 saturated heterocycles. The predicted octanol–water partition coefficient (Wildman–Crippen LogP) is 19.6. The molecule has 444 valence electrons. The maximum absolute atomic E-state index is 12.8. The third-order valence-corrected chi connectivity index (χ3v) is 15.0. The molecule has 0 saturated carbocycles. The van der Waals surface area contributed by atoms with Crippen molar-refractivity contribution < 1.29 is 42.1 Å². The molecule has 0 aliphatic carbocycles. The van der Waals surface area contributed by atoms with Gasteiger partial charge in [-0.1, -0.05) is 267 Å². The van der Waals surface area contributed by atoms with Gasteiger partial charge in [0, 0.05) is 12.8 Å². The zero-order valence-electron chi connectivity index (χ0n) is 50.5. The molecule has 0 fully saturated rings. The maximum atomic E-state index is 12.8. The number of nitrogens with zero attached hydrogens (tertiary/aromatic N) is 1. The molecule has 0 aromatic heterocycles. The van der Waals surface area contributed by atoms with E-state index in [0.717, 1.165) is 64.2 Å². The molecule has 0 aromatic rings. The Hall–Kier alpha value is -2.29. The fourth-order valence-electron chi connectivity index (χ4n) is 9.12. The fourth-order valence-corrected chi connectivity index (χ4v) is 9.84. The van der Waals surface area contributed by atoms with E-state index >= 15 is 0 Å². The third kappa shape index (κ3) is 60.9. The molecule has 0 spiro atoms. The number of esters is 2. The predicted molar refractivity (Wildman–Crippen MR) is 323 cm³/mol. The van der Waals surface area contributed by atoms with E-state index in [1.807, 2.05) is 21.1 Å². The molecule has 10 heteroatoms. The lowest BCUT2D eigenvalue weighted by Gasteiger charge is -2.28.